The van der Waals surface area contributed by atoms with Gasteiger partial charge in [-0.25, -0.2) is 0 Å². The topological polar surface area (TPSA) is 21.3 Å². The highest BCUT2D eigenvalue weighted by Gasteiger charge is 2.24. The fourth-order valence-electron chi connectivity index (χ4n) is 2.21. The Balaban J connectivity index is 2.36. The molecule has 108 valence electrons. The molecule has 0 heterocycles. The molecule has 0 fully saturated rings. The monoisotopic (exact) mass is 291 g/mol. The van der Waals surface area contributed by atoms with Gasteiger partial charge in [-0.3, -0.25) is 0 Å². The minimum atomic E-state index is -0.216. The summed E-state index contributed by atoms with van der Waals surface area (Å²) in [7, 11) is 0. The predicted molar refractivity (Wildman–Crippen MR) is 86.8 cm³/mol. The van der Waals surface area contributed by atoms with Crippen LogP contribution in [0.4, 0.5) is 0 Å². The largest absolute Gasteiger partial charge is 0.486 e. The molecule has 1 N–H and O–H groups in total. The Morgan fingerprint density at radius 2 is 1.80 bits per heavy atom. The van der Waals surface area contributed by atoms with E-state index in [9.17, 15) is 0 Å². The van der Waals surface area contributed by atoms with Gasteiger partial charge in [-0.15, -0.1) is 0 Å². The first-order valence-corrected chi connectivity index (χ1v) is 7.54. The summed E-state index contributed by atoms with van der Waals surface area (Å²) in [5.41, 5.74) is -0.216. The van der Waals surface area contributed by atoms with Crippen molar-refractivity contribution in [3.05, 3.63) is 41.4 Å². The number of likely N-dealkylation sites (N-methyl/N-ethyl adjacent to an activating group) is 1. The van der Waals surface area contributed by atoms with E-state index in [1.54, 1.807) is 0 Å². The van der Waals surface area contributed by atoms with Crippen LogP contribution in [-0.2, 0) is 0 Å². The summed E-state index contributed by atoms with van der Waals surface area (Å²) in [6.07, 6.45) is 0.941. The molecule has 0 bridgehead atoms. The molecule has 0 aliphatic rings. The van der Waals surface area contributed by atoms with Crippen molar-refractivity contribution in [2.75, 3.05) is 13.1 Å². The highest BCUT2D eigenvalue weighted by atomic mass is 35.5. The van der Waals surface area contributed by atoms with E-state index in [4.69, 9.17) is 16.3 Å². The zero-order chi connectivity index (χ0) is 14.6. The molecule has 0 aliphatic carbocycles. The van der Waals surface area contributed by atoms with E-state index in [2.05, 4.69) is 32.2 Å². The Labute approximate surface area is 126 Å². The van der Waals surface area contributed by atoms with E-state index < -0.39 is 0 Å². The first kappa shape index (κ1) is 15.1. The Bertz CT molecular complexity index is 584. The van der Waals surface area contributed by atoms with Crippen LogP contribution < -0.4 is 10.1 Å². The molecule has 20 heavy (non-hydrogen) atoms. The van der Waals surface area contributed by atoms with Gasteiger partial charge in [0, 0.05) is 22.3 Å². The van der Waals surface area contributed by atoms with Gasteiger partial charge in [0.2, 0.25) is 0 Å². The zero-order valence-corrected chi connectivity index (χ0v) is 13.1. The molecule has 1 unspecified atom stereocenters. The summed E-state index contributed by atoms with van der Waals surface area (Å²) in [5, 5.41) is 6.23. The zero-order valence-electron chi connectivity index (χ0n) is 12.4. The number of halogens is 1. The molecule has 2 rings (SSSR count). The minimum absolute atomic E-state index is 0.216. The van der Waals surface area contributed by atoms with Crippen LogP contribution >= 0.6 is 11.6 Å². The van der Waals surface area contributed by atoms with E-state index in [0.717, 1.165) is 41.1 Å². The van der Waals surface area contributed by atoms with Gasteiger partial charge < -0.3 is 10.1 Å². The molecule has 2 nitrogen and oxygen atoms in total. The molecule has 0 amide bonds. The molecule has 0 radical (unpaired) electrons. The maximum atomic E-state index is 6.30. The van der Waals surface area contributed by atoms with Gasteiger partial charge in [0.05, 0.1) is 0 Å². The van der Waals surface area contributed by atoms with Gasteiger partial charge in [-0.05, 0) is 32.0 Å². The maximum absolute atomic E-state index is 6.30. The van der Waals surface area contributed by atoms with Gasteiger partial charge in [-0.2, -0.15) is 0 Å². The molecule has 0 spiro atoms. The molecule has 2 aromatic carbocycles. The van der Waals surface area contributed by atoms with Crippen LogP contribution in [0.1, 0.15) is 27.2 Å². The van der Waals surface area contributed by atoms with Gasteiger partial charge in [0.25, 0.3) is 0 Å². The lowest BCUT2D eigenvalue weighted by Gasteiger charge is -2.30. The molecule has 0 aromatic heterocycles. The van der Waals surface area contributed by atoms with Gasteiger partial charge in [0.1, 0.15) is 11.4 Å². The number of nitrogens with one attached hydrogen (secondary N) is 1. The van der Waals surface area contributed by atoms with Crippen LogP contribution in [0.3, 0.4) is 0 Å². The van der Waals surface area contributed by atoms with Gasteiger partial charge in [0.15, 0.2) is 0 Å². The smallest absolute Gasteiger partial charge is 0.128 e. The summed E-state index contributed by atoms with van der Waals surface area (Å²) in [6, 6.07) is 12.0. The summed E-state index contributed by atoms with van der Waals surface area (Å²) >= 11 is 6.25. The van der Waals surface area contributed by atoms with Crippen molar-refractivity contribution in [2.45, 2.75) is 32.8 Å². The molecule has 0 aliphatic heterocycles. The molecular formula is C17H22ClNO. The van der Waals surface area contributed by atoms with Crippen LogP contribution in [0.5, 0.6) is 5.75 Å². The lowest BCUT2D eigenvalue weighted by Crippen LogP contribution is -2.42. The van der Waals surface area contributed by atoms with Crippen LogP contribution in [0.15, 0.2) is 36.4 Å². The SMILES string of the molecule is CCNCC(C)(CC)Oc1ccc(Cl)c2ccccc12. The fourth-order valence-corrected chi connectivity index (χ4v) is 2.44. The molecule has 2 aromatic rings. The van der Waals surface area contributed by atoms with Crippen molar-refractivity contribution in [3.8, 4) is 5.75 Å². The highest BCUT2D eigenvalue weighted by Crippen LogP contribution is 2.33. The first-order valence-electron chi connectivity index (χ1n) is 7.16. The number of hydrogen-bond acceptors (Lipinski definition) is 2. The third kappa shape index (κ3) is 3.25. The summed E-state index contributed by atoms with van der Waals surface area (Å²) in [4.78, 5) is 0. The second kappa shape index (κ2) is 6.47. The molecular weight excluding hydrogens is 270 g/mol. The predicted octanol–water partition coefficient (Wildman–Crippen LogP) is 4.65. The van der Waals surface area contributed by atoms with Gasteiger partial charge in [-0.1, -0.05) is 49.7 Å². The van der Waals surface area contributed by atoms with Crippen molar-refractivity contribution in [3.63, 3.8) is 0 Å². The Morgan fingerprint density at radius 1 is 1.10 bits per heavy atom. The van der Waals surface area contributed by atoms with Crippen molar-refractivity contribution in [1.29, 1.82) is 0 Å². The van der Waals surface area contributed by atoms with Crippen molar-refractivity contribution < 1.29 is 4.74 Å². The van der Waals surface area contributed by atoms with Crippen molar-refractivity contribution in [1.82, 2.24) is 5.32 Å². The molecule has 0 saturated carbocycles. The number of fused-ring (bicyclic) bond motifs is 1. The third-order valence-corrected chi connectivity index (χ3v) is 4.01. The number of hydrogen-bond donors (Lipinski definition) is 1. The maximum Gasteiger partial charge on any atom is 0.128 e. The van der Waals surface area contributed by atoms with Crippen molar-refractivity contribution >= 4 is 22.4 Å². The minimum Gasteiger partial charge on any atom is -0.486 e. The summed E-state index contributed by atoms with van der Waals surface area (Å²) in [5.74, 6) is 0.896. The quantitative estimate of drug-likeness (QED) is 0.836. The van der Waals surface area contributed by atoms with E-state index in [1.807, 2.05) is 30.3 Å². The average molecular weight is 292 g/mol. The lowest BCUT2D eigenvalue weighted by atomic mass is 10.0. The number of ether oxygens (including phenoxy) is 1. The number of benzene rings is 2. The Kier molecular flexibility index (Phi) is 4.90. The second-order valence-corrected chi connectivity index (χ2v) is 5.68. The number of rotatable bonds is 6. The molecule has 1 atom stereocenters. The standard InChI is InChI=1S/C17H22ClNO/c1-4-17(3,12-19-5-2)20-16-11-10-15(18)13-8-6-7-9-14(13)16/h6-11,19H,4-5,12H2,1-3H3. The normalized spacial score (nSPS) is 14.2. The highest BCUT2D eigenvalue weighted by molar-refractivity contribution is 6.35. The second-order valence-electron chi connectivity index (χ2n) is 5.28. The van der Waals surface area contributed by atoms with Crippen LogP contribution in [0.2, 0.25) is 5.02 Å². The van der Waals surface area contributed by atoms with Gasteiger partial charge >= 0.3 is 0 Å². The van der Waals surface area contributed by atoms with E-state index in [1.165, 1.54) is 0 Å². The van der Waals surface area contributed by atoms with E-state index in [-0.39, 0.29) is 5.60 Å². The van der Waals surface area contributed by atoms with Crippen LogP contribution in [0, 0.1) is 0 Å². The average Bonchev–Trinajstić information content (AvgIpc) is 2.48. The fraction of sp³-hybridized carbons (Fsp3) is 0.412. The lowest BCUT2D eigenvalue weighted by molar-refractivity contribution is 0.0860. The van der Waals surface area contributed by atoms with Crippen molar-refractivity contribution in [2.24, 2.45) is 0 Å². The summed E-state index contributed by atoms with van der Waals surface area (Å²) in [6.45, 7) is 8.17. The summed E-state index contributed by atoms with van der Waals surface area (Å²) < 4.78 is 6.30. The van der Waals surface area contributed by atoms with E-state index >= 15 is 0 Å². The molecule has 0 saturated heterocycles. The first-order chi connectivity index (χ1) is 9.59. The Hall–Kier alpha value is -1.25. The van der Waals surface area contributed by atoms with Crippen LogP contribution in [0.25, 0.3) is 10.8 Å². The Morgan fingerprint density at radius 3 is 2.45 bits per heavy atom. The third-order valence-electron chi connectivity index (χ3n) is 3.68. The molecule has 3 heteroatoms. The van der Waals surface area contributed by atoms with Crippen LogP contribution in [-0.4, -0.2) is 18.7 Å². The van der Waals surface area contributed by atoms with E-state index in [0.29, 0.717) is 0 Å².